The highest BCUT2D eigenvalue weighted by Gasteiger charge is 2.46. The molecule has 2 aliphatic carbocycles. The van der Waals surface area contributed by atoms with Crippen molar-refractivity contribution in [3.63, 3.8) is 0 Å². The first kappa shape index (κ1) is 10.7. The monoisotopic (exact) mass is 203 g/mol. The van der Waals surface area contributed by atoms with Crippen LogP contribution < -0.4 is 0 Å². The Morgan fingerprint density at radius 1 is 1.47 bits per heavy atom. The Morgan fingerprint density at radius 2 is 2.27 bits per heavy atom. The van der Waals surface area contributed by atoms with Crippen molar-refractivity contribution >= 4 is 0 Å². The van der Waals surface area contributed by atoms with Crippen molar-refractivity contribution in [2.45, 2.75) is 58.3 Å². The van der Waals surface area contributed by atoms with Crippen molar-refractivity contribution in [2.75, 3.05) is 0 Å². The van der Waals surface area contributed by atoms with Gasteiger partial charge in [0.2, 0.25) is 0 Å². The minimum Gasteiger partial charge on any atom is -0.197 e. The molecule has 0 heterocycles. The molecule has 82 valence electrons. The minimum atomic E-state index is -0.0275. The van der Waals surface area contributed by atoms with Gasteiger partial charge < -0.3 is 0 Å². The smallest absolute Gasteiger partial charge is 0.0787 e. The molecule has 0 N–H and O–H groups in total. The molecule has 1 saturated carbocycles. The lowest BCUT2D eigenvalue weighted by molar-refractivity contribution is 0.139. The SMILES string of the molecule is CCCC1CC(C#N)(C2=CCCCC2)C1. The summed E-state index contributed by atoms with van der Waals surface area (Å²) in [6.07, 6.45) is 12.2. The van der Waals surface area contributed by atoms with Gasteiger partial charge in [-0.25, -0.2) is 0 Å². The first-order valence-corrected chi connectivity index (χ1v) is 6.41. The first-order chi connectivity index (χ1) is 7.30. The summed E-state index contributed by atoms with van der Waals surface area (Å²) in [7, 11) is 0. The molecule has 0 atom stereocenters. The van der Waals surface area contributed by atoms with Crippen LogP contribution in [0.25, 0.3) is 0 Å². The Bertz CT molecular complexity index is 289. The zero-order valence-electron chi connectivity index (χ0n) is 9.76. The Morgan fingerprint density at radius 3 is 2.80 bits per heavy atom. The quantitative estimate of drug-likeness (QED) is 0.630. The highest BCUT2D eigenvalue weighted by molar-refractivity contribution is 5.29. The highest BCUT2D eigenvalue weighted by atomic mass is 14.5. The number of rotatable bonds is 3. The van der Waals surface area contributed by atoms with Gasteiger partial charge in [0.05, 0.1) is 11.5 Å². The van der Waals surface area contributed by atoms with E-state index in [0.717, 1.165) is 18.8 Å². The van der Waals surface area contributed by atoms with E-state index in [-0.39, 0.29) is 5.41 Å². The fourth-order valence-electron chi connectivity index (χ4n) is 3.24. The average molecular weight is 203 g/mol. The molecule has 1 heteroatoms. The minimum absolute atomic E-state index is 0.0275. The zero-order chi connectivity index (χ0) is 10.7. The summed E-state index contributed by atoms with van der Waals surface area (Å²) >= 11 is 0. The van der Waals surface area contributed by atoms with E-state index in [9.17, 15) is 5.26 Å². The van der Waals surface area contributed by atoms with Gasteiger partial charge in [-0.3, -0.25) is 0 Å². The van der Waals surface area contributed by atoms with Crippen LogP contribution in [0.5, 0.6) is 0 Å². The lowest BCUT2D eigenvalue weighted by Gasteiger charge is -2.45. The maximum absolute atomic E-state index is 9.38. The Balaban J connectivity index is 2.00. The number of hydrogen-bond donors (Lipinski definition) is 0. The predicted octanol–water partition coefficient (Wildman–Crippen LogP) is 4.21. The third-order valence-corrected chi connectivity index (χ3v) is 4.09. The molecule has 1 nitrogen and oxygen atoms in total. The molecule has 0 unspecified atom stereocenters. The molecule has 0 spiro atoms. The van der Waals surface area contributed by atoms with Crippen molar-refractivity contribution < 1.29 is 0 Å². The molecule has 2 aliphatic rings. The summed E-state index contributed by atoms with van der Waals surface area (Å²) < 4.78 is 0. The molecule has 0 aliphatic heterocycles. The standard InChI is InChI=1S/C14H21N/c1-2-6-12-9-14(10-12,11-15)13-7-4-3-5-8-13/h7,12H,2-6,8-10H2,1H3. The number of nitrogens with zero attached hydrogens (tertiary/aromatic N) is 1. The third-order valence-electron chi connectivity index (χ3n) is 4.09. The molecule has 2 rings (SSSR count). The van der Waals surface area contributed by atoms with Crippen LogP contribution in [0.15, 0.2) is 11.6 Å². The number of hydrogen-bond acceptors (Lipinski definition) is 1. The topological polar surface area (TPSA) is 23.8 Å². The number of nitriles is 1. The third kappa shape index (κ3) is 1.95. The van der Waals surface area contributed by atoms with Crippen molar-refractivity contribution in [2.24, 2.45) is 11.3 Å². The van der Waals surface area contributed by atoms with Gasteiger partial charge in [0.25, 0.3) is 0 Å². The summed E-state index contributed by atoms with van der Waals surface area (Å²) in [6.45, 7) is 2.24. The summed E-state index contributed by atoms with van der Waals surface area (Å²) in [6, 6.07) is 2.60. The fraction of sp³-hybridized carbons (Fsp3) is 0.786. The van der Waals surface area contributed by atoms with Crippen LogP contribution in [0.3, 0.4) is 0 Å². The zero-order valence-corrected chi connectivity index (χ0v) is 9.76. The van der Waals surface area contributed by atoms with Crippen molar-refractivity contribution in [1.82, 2.24) is 0 Å². The van der Waals surface area contributed by atoms with Gasteiger partial charge in [-0.1, -0.05) is 31.4 Å². The van der Waals surface area contributed by atoms with Crippen LogP contribution in [0.2, 0.25) is 0 Å². The average Bonchev–Trinajstić information content (AvgIpc) is 2.24. The normalized spacial score (nSPS) is 35.2. The van der Waals surface area contributed by atoms with Gasteiger partial charge in [-0.2, -0.15) is 5.26 Å². The predicted molar refractivity (Wildman–Crippen MR) is 62.2 cm³/mol. The molecular weight excluding hydrogens is 182 g/mol. The van der Waals surface area contributed by atoms with E-state index in [1.165, 1.54) is 44.1 Å². The summed E-state index contributed by atoms with van der Waals surface area (Å²) in [5.74, 6) is 0.831. The first-order valence-electron chi connectivity index (χ1n) is 6.41. The van der Waals surface area contributed by atoms with Crippen molar-refractivity contribution in [3.05, 3.63) is 11.6 Å². The van der Waals surface area contributed by atoms with Crippen LogP contribution >= 0.6 is 0 Å². The van der Waals surface area contributed by atoms with E-state index in [0.29, 0.717) is 0 Å². The maximum atomic E-state index is 9.38. The Kier molecular flexibility index (Phi) is 3.14. The van der Waals surface area contributed by atoms with E-state index in [2.05, 4.69) is 19.1 Å². The Labute approximate surface area is 93.2 Å². The molecule has 0 aromatic carbocycles. The molecule has 0 aromatic rings. The van der Waals surface area contributed by atoms with Gasteiger partial charge in [0, 0.05) is 0 Å². The lowest BCUT2D eigenvalue weighted by atomic mass is 9.56. The second-order valence-corrected chi connectivity index (χ2v) is 5.23. The van der Waals surface area contributed by atoms with Crippen LogP contribution in [0, 0.1) is 22.7 Å². The van der Waals surface area contributed by atoms with Gasteiger partial charge in [-0.15, -0.1) is 0 Å². The van der Waals surface area contributed by atoms with Crippen LogP contribution in [-0.2, 0) is 0 Å². The second kappa shape index (κ2) is 4.39. The summed E-state index contributed by atoms with van der Waals surface area (Å²) in [4.78, 5) is 0. The van der Waals surface area contributed by atoms with E-state index < -0.39 is 0 Å². The van der Waals surface area contributed by atoms with E-state index >= 15 is 0 Å². The lowest BCUT2D eigenvalue weighted by Crippen LogP contribution is -2.38. The molecule has 1 fully saturated rings. The highest BCUT2D eigenvalue weighted by Crippen LogP contribution is 2.54. The van der Waals surface area contributed by atoms with E-state index in [4.69, 9.17) is 0 Å². The van der Waals surface area contributed by atoms with Gasteiger partial charge in [0.1, 0.15) is 0 Å². The maximum Gasteiger partial charge on any atom is 0.0787 e. The molecule has 0 aromatic heterocycles. The molecular formula is C14H21N. The largest absolute Gasteiger partial charge is 0.197 e. The molecule has 15 heavy (non-hydrogen) atoms. The Hall–Kier alpha value is -0.770. The summed E-state index contributed by atoms with van der Waals surface area (Å²) in [5.41, 5.74) is 1.45. The fourth-order valence-corrected chi connectivity index (χ4v) is 3.24. The second-order valence-electron chi connectivity index (χ2n) is 5.23. The number of allylic oxidation sites excluding steroid dienone is 2. The molecule has 0 bridgehead atoms. The van der Waals surface area contributed by atoms with Crippen molar-refractivity contribution in [3.8, 4) is 6.07 Å². The molecule has 0 amide bonds. The van der Waals surface area contributed by atoms with Crippen LogP contribution in [-0.4, -0.2) is 0 Å². The van der Waals surface area contributed by atoms with E-state index in [1.807, 2.05) is 0 Å². The van der Waals surface area contributed by atoms with Crippen molar-refractivity contribution in [1.29, 1.82) is 5.26 Å². The van der Waals surface area contributed by atoms with Crippen LogP contribution in [0.1, 0.15) is 58.3 Å². The summed E-state index contributed by atoms with van der Waals surface area (Å²) in [5, 5.41) is 9.38. The molecule has 0 saturated heterocycles. The van der Waals surface area contributed by atoms with Gasteiger partial charge in [-0.05, 0) is 44.4 Å². The van der Waals surface area contributed by atoms with Crippen LogP contribution in [0.4, 0.5) is 0 Å². The van der Waals surface area contributed by atoms with Gasteiger partial charge >= 0.3 is 0 Å². The van der Waals surface area contributed by atoms with E-state index in [1.54, 1.807) is 0 Å². The van der Waals surface area contributed by atoms with Gasteiger partial charge in [0.15, 0.2) is 0 Å². The molecule has 0 radical (unpaired) electrons.